The summed E-state index contributed by atoms with van der Waals surface area (Å²) in [7, 11) is 1.63. The first-order valence-corrected chi connectivity index (χ1v) is 10.2. The lowest BCUT2D eigenvalue weighted by molar-refractivity contribution is -0.156. The molecule has 0 radical (unpaired) electrons. The van der Waals surface area contributed by atoms with E-state index < -0.39 is 11.9 Å². The Morgan fingerprint density at radius 2 is 1.90 bits per heavy atom. The van der Waals surface area contributed by atoms with Crippen LogP contribution in [-0.4, -0.2) is 48.1 Å². The molecule has 5 atom stereocenters. The lowest BCUT2D eigenvalue weighted by Gasteiger charge is -2.40. The number of carbonyl (C=O) groups excluding carboxylic acids is 1. The van der Waals surface area contributed by atoms with Gasteiger partial charge in [0.05, 0.1) is 6.10 Å². The van der Waals surface area contributed by atoms with Gasteiger partial charge in [-0.2, -0.15) is 0 Å². The van der Waals surface area contributed by atoms with Crippen molar-refractivity contribution in [2.45, 2.75) is 63.9 Å². The van der Waals surface area contributed by atoms with E-state index in [2.05, 4.69) is 33.4 Å². The zero-order chi connectivity index (χ0) is 22.3. The predicted octanol–water partition coefficient (Wildman–Crippen LogP) is 4.15. The number of ether oxygens (including phenoxy) is 3. The zero-order valence-electron chi connectivity index (χ0n) is 18.2. The molecular formula is C24H32O6. The number of methoxy groups -OCH3 is 1. The van der Waals surface area contributed by atoms with E-state index in [-0.39, 0.29) is 29.8 Å². The van der Waals surface area contributed by atoms with Crippen LogP contribution in [0.1, 0.15) is 40.0 Å². The first-order chi connectivity index (χ1) is 14.2. The van der Waals surface area contributed by atoms with Gasteiger partial charge in [0.15, 0.2) is 0 Å². The third kappa shape index (κ3) is 6.28. The van der Waals surface area contributed by atoms with Crippen molar-refractivity contribution in [3.63, 3.8) is 0 Å². The summed E-state index contributed by atoms with van der Waals surface area (Å²) in [5.74, 6) is -1.55. The van der Waals surface area contributed by atoms with Crippen molar-refractivity contribution in [2.75, 3.05) is 7.11 Å². The molecule has 1 N–H and O–H groups in total. The van der Waals surface area contributed by atoms with Gasteiger partial charge in [0.1, 0.15) is 17.8 Å². The van der Waals surface area contributed by atoms with Crippen molar-refractivity contribution in [1.29, 1.82) is 0 Å². The van der Waals surface area contributed by atoms with Gasteiger partial charge in [0, 0.05) is 25.2 Å². The van der Waals surface area contributed by atoms with Gasteiger partial charge in [0.2, 0.25) is 0 Å². The molecule has 1 aliphatic heterocycles. The van der Waals surface area contributed by atoms with Crippen molar-refractivity contribution in [3.8, 4) is 0 Å². The Morgan fingerprint density at radius 1 is 1.23 bits per heavy atom. The fourth-order valence-corrected chi connectivity index (χ4v) is 4.00. The lowest BCUT2D eigenvalue weighted by Crippen LogP contribution is -2.48. The molecule has 0 aromatic heterocycles. The quantitative estimate of drug-likeness (QED) is 0.200. The molecule has 164 valence electrons. The van der Waals surface area contributed by atoms with E-state index in [1.165, 1.54) is 29.9 Å². The third-order valence-electron chi connectivity index (χ3n) is 5.56. The van der Waals surface area contributed by atoms with E-state index in [0.29, 0.717) is 6.42 Å². The number of epoxide rings is 1. The minimum atomic E-state index is -1.03. The van der Waals surface area contributed by atoms with Crippen molar-refractivity contribution in [3.05, 3.63) is 60.3 Å². The van der Waals surface area contributed by atoms with Crippen LogP contribution in [0.2, 0.25) is 0 Å². The minimum absolute atomic E-state index is 0.0466. The molecule has 3 unspecified atom stereocenters. The van der Waals surface area contributed by atoms with Crippen molar-refractivity contribution >= 4 is 11.9 Å². The molecule has 30 heavy (non-hydrogen) atoms. The largest absolute Gasteiger partial charge is 0.478 e. The number of carboxylic acids is 1. The van der Waals surface area contributed by atoms with E-state index in [0.717, 1.165) is 24.5 Å². The molecule has 2 fully saturated rings. The second-order valence-electron chi connectivity index (χ2n) is 8.10. The summed E-state index contributed by atoms with van der Waals surface area (Å²) in [6, 6.07) is 0. The Kier molecular flexibility index (Phi) is 8.38. The summed E-state index contributed by atoms with van der Waals surface area (Å²) >= 11 is 0. The van der Waals surface area contributed by atoms with Crippen LogP contribution in [-0.2, 0) is 23.8 Å². The van der Waals surface area contributed by atoms with Crippen LogP contribution in [0.4, 0.5) is 0 Å². The Morgan fingerprint density at radius 3 is 2.50 bits per heavy atom. The standard InChI is InChI=1S/C24H32O6/c1-16(2)12-15-19-24(4,30-19)22-17(3)13-14-18(23(22)28-5)29-21(27)11-9-7-6-8-10-20(25)26/h6-12,18-19,22-23H,3,13-15H2,1-2,4-5H3,(H,25,26)/b7-6+,10-8+,11-9+/t18-,19?,22-,23?,24?/m1/s1. The highest BCUT2D eigenvalue weighted by Crippen LogP contribution is 2.52. The molecule has 1 saturated heterocycles. The molecule has 1 saturated carbocycles. The summed E-state index contributed by atoms with van der Waals surface area (Å²) in [6.45, 7) is 10.5. The van der Waals surface area contributed by atoms with Gasteiger partial charge in [-0.05, 0) is 40.0 Å². The second kappa shape index (κ2) is 10.5. The topological polar surface area (TPSA) is 85.4 Å². The summed E-state index contributed by atoms with van der Waals surface area (Å²) < 4.78 is 17.5. The monoisotopic (exact) mass is 416 g/mol. The van der Waals surface area contributed by atoms with Gasteiger partial charge in [-0.1, -0.05) is 48.1 Å². The number of carbonyl (C=O) groups is 2. The molecule has 6 nitrogen and oxygen atoms in total. The Hall–Kier alpha value is -2.44. The smallest absolute Gasteiger partial charge is 0.331 e. The van der Waals surface area contributed by atoms with E-state index in [1.807, 2.05) is 0 Å². The van der Waals surface area contributed by atoms with Gasteiger partial charge < -0.3 is 19.3 Å². The van der Waals surface area contributed by atoms with Crippen LogP contribution in [0.3, 0.4) is 0 Å². The maximum absolute atomic E-state index is 12.2. The molecule has 0 spiro atoms. The molecule has 1 heterocycles. The second-order valence-corrected chi connectivity index (χ2v) is 8.10. The molecule has 0 amide bonds. The fraction of sp³-hybridized carbons (Fsp3) is 0.500. The van der Waals surface area contributed by atoms with E-state index in [1.54, 1.807) is 13.2 Å². The number of aliphatic carboxylic acids is 1. The number of hydrogen-bond acceptors (Lipinski definition) is 5. The lowest BCUT2D eigenvalue weighted by atomic mass is 9.72. The van der Waals surface area contributed by atoms with Crippen LogP contribution < -0.4 is 0 Å². The van der Waals surface area contributed by atoms with Gasteiger partial charge in [-0.25, -0.2) is 9.59 Å². The van der Waals surface area contributed by atoms with Gasteiger partial charge >= 0.3 is 11.9 Å². The van der Waals surface area contributed by atoms with Crippen LogP contribution in [0.15, 0.2) is 60.3 Å². The number of hydrogen-bond donors (Lipinski definition) is 1. The molecule has 0 aromatic rings. The van der Waals surface area contributed by atoms with Crippen molar-refractivity contribution in [2.24, 2.45) is 5.92 Å². The van der Waals surface area contributed by atoms with Crippen LogP contribution in [0.5, 0.6) is 0 Å². The number of rotatable bonds is 9. The average Bonchev–Trinajstić information content (AvgIpc) is 3.34. The van der Waals surface area contributed by atoms with Gasteiger partial charge in [-0.15, -0.1) is 0 Å². The summed E-state index contributed by atoms with van der Waals surface area (Å²) in [6.07, 6.45) is 12.1. The van der Waals surface area contributed by atoms with Crippen LogP contribution in [0.25, 0.3) is 0 Å². The third-order valence-corrected chi connectivity index (χ3v) is 5.56. The van der Waals surface area contributed by atoms with Crippen molar-refractivity contribution < 1.29 is 28.9 Å². The zero-order valence-corrected chi connectivity index (χ0v) is 18.2. The van der Waals surface area contributed by atoms with Crippen molar-refractivity contribution in [1.82, 2.24) is 0 Å². The highest BCUT2D eigenvalue weighted by Gasteiger charge is 2.61. The van der Waals surface area contributed by atoms with Crippen LogP contribution in [0, 0.1) is 5.92 Å². The van der Waals surface area contributed by atoms with E-state index in [4.69, 9.17) is 19.3 Å². The predicted molar refractivity (Wildman–Crippen MR) is 115 cm³/mol. The number of allylic oxidation sites excluding steroid dienone is 5. The SMILES string of the molecule is C=C1CC[C@@H](OC(=O)/C=C/C=C/C=C/C(=O)O)C(OC)[C@@H]1C1(C)OC1CC=C(C)C. The first-order valence-electron chi connectivity index (χ1n) is 10.2. The minimum Gasteiger partial charge on any atom is -0.478 e. The highest BCUT2D eigenvalue weighted by molar-refractivity contribution is 5.82. The Balaban J connectivity index is 2.00. The summed E-state index contributed by atoms with van der Waals surface area (Å²) in [5.41, 5.74) is 1.95. The number of esters is 1. The molecule has 2 rings (SSSR count). The average molecular weight is 417 g/mol. The van der Waals surface area contributed by atoms with Gasteiger partial charge in [0.25, 0.3) is 0 Å². The molecule has 0 aromatic carbocycles. The molecular weight excluding hydrogens is 384 g/mol. The van der Waals surface area contributed by atoms with E-state index in [9.17, 15) is 9.59 Å². The Bertz CT molecular complexity index is 771. The summed E-state index contributed by atoms with van der Waals surface area (Å²) in [4.78, 5) is 22.6. The Labute approximate surface area is 178 Å². The van der Waals surface area contributed by atoms with Crippen LogP contribution >= 0.6 is 0 Å². The molecule has 0 bridgehead atoms. The first kappa shape index (κ1) is 23.8. The normalized spacial score (nSPS) is 31.4. The van der Waals surface area contributed by atoms with E-state index >= 15 is 0 Å². The summed E-state index contributed by atoms with van der Waals surface area (Å²) in [5, 5.41) is 8.52. The molecule has 1 aliphatic carbocycles. The maximum Gasteiger partial charge on any atom is 0.331 e. The maximum atomic E-state index is 12.2. The molecule has 6 heteroatoms. The molecule has 2 aliphatic rings. The number of carboxylic acid groups (broad SMARTS) is 1. The van der Waals surface area contributed by atoms with Gasteiger partial charge in [-0.3, -0.25) is 0 Å². The highest BCUT2D eigenvalue weighted by atomic mass is 16.6. The fourth-order valence-electron chi connectivity index (χ4n) is 4.00.